The molecule has 5 nitrogen and oxygen atoms in total. The van der Waals surface area contributed by atoms with E-state index in [2.05, 4.69) is 10.6 Å². The van der Waals surface area contributed by atoms with Gasteiger partial charge in [-0.25, -0.2) is 9.59 Å². The maximum atomic E-state index is 11.6. The fraction of sp³-hybridized carbons (Fsp3) is 0.467. The molecule has 1 aliphatic rings. The largest absolute Gasteiger partial charge is 0.478 e. The van der Waals surface area contributed by atoms with Crippen molar-refractivity contribution in [1.29, 1.82) is 0 Å². The third kappa shape index (κ3) is 4.26. The van der Waals surface area contributed by atoms with Gasteiger partial charge in [0.05, 0.1) is 5.56 Å². The topological polar surface area (TPSA) is 78.4 Å². The van der Waals surface area contributed by atoms with Gasteiger partial charge in [0.1, 0.15) is 0 Å². The Morgan fingerprint density at radius 3 is 2.35 bits per heavy atom. The predicted molar refractivity (Wildman–Crippen MR) is 75.6 cm³/mol. The molecular formula is C15H20N2O3. The summed E-state index contributed by atoms with van der Waals surface area (Å²) >= 11 is 0. The van der Waals surface area contributed by atoms with Crippen LogP contribution in [0, 0.1) is 5.92 Å². The van der Waals surface area contributed by atoms with Crippen LogP contribution in [0.1, 0.15) is 41.6 Å². The lowest BCUT2D eigenvalue weighted by atomic mass is 10.1. The maximum absolute atomic E-state index is 11.6. The summed E-state index contributed by atoms with van der Waals surface area (Å²) in [4.78, 5) is 22.3. The Morgan fingerprint density at radius 1 is 1.10 bits per heavy atom. The van der Waals surface area contributed by atoms with Crippen molar-refractivity contribution in [1.82, 2.24) is 10.6 Å². The lowest BCUT2D eigenvalue weighted by molar-refractivity contribution is 0.0697. The number of carboxylic acids is 1. The van der Waals surface area contributed by atoms with E-state index in [1.54, 1.807) is 12.1 Å². The molecule has 5 heteroatoms. The van der Waals surface area contributed by atoms with Crippen molar-refractivity contribution in [2.24, 2.45) is 5.92 Å². The van der Waals surface area contributed by atoms with Crippen molar-refractivity contribution in [3.05, 3.63) is 35.4 Å². The number of hydrogen-bond acceptors (Lipinski definition) is 2. The molecule has 1 saturated carbocycles. The van der Waals surface area contributed by atoms with Crippen LogP contribution in [-0.2, 0) is 6.54 Å². The molecule has 0 unspecified atom stereocenters. The van der Waals surface area contributed by atoms with Crippen LogP contribution in [0.3, 0.4) is 0 Å². The number of urea groups is 1. The van der Waals surface area contributed by atoms with Crippen LogP contribution >= 0.6 is 0 Å². The number of carbonyl (C=O) groups excluding carboxylic acids is 1. The molecule has 0 saturated heterocycles. The van der Waals surface area contributed by atoms with Gasteiger partial charge in [-0.2, -0.15) is 0 Å². The van der Waals surface area contributed by atoms with Crippen LogP contribution in [0.25, 0.3) is 0 Å². The normalized spacial score (nSPS) is 15.0. The third-order valence-electron chi connectivity index (χ3n) is 3.68. The minimum atomic E-state index is -0.946. The number of aromatic carboxylic acids is 1. The Balaban J connectivity index is 1.70. The van der Waals surface area contributed by atoms with Crippen LogP contribution in [0.2, 0.25) is 0 Å². The van der Waals surface area contributed by atoms with Crippen molar-refractivity contribution in [2.75, 3.05) is 6.54 Å². The molecule has 1 aromatic carbocycles. The van der Waals surface area contributed by atoms with Gasteiger partial charge in [-0.15, -0.1) is 0 Å². The molecule has 0 atom stereocenters. The summed E-state index contributed by atoms with van der Waals surface area (Å²) in [5.41, 5.74) is 1.13. The summed E-state index contributed by atoms with van der Waals surface area (Å²) in [5.74, 6) is -0.325. The second-order valence-corrected chi connectivity index (χ2v) is 5.22. The van der Waals surface area contributed by atoms with E-state index in [0.29, 0.717) is 12.5 Å². The third-order valence-corrected chi connectivity index (χ3v) is 3.68. The molecule has 0 aromatic heterocycles. The molecule has 0 radical (unpaired) electrons. The van der Waals surface area contributed by atoms with Gasteiger partial charge < -0.3 is 15.7 Å². The fourth-order valence-electron chi connectivity index (χ4n) is 2.46. The van der Waals surface area contributed by atoms with E-state index >= 15 is 0 Å². The number of nitrogens with one attached hydrogen (secondary N) is 2. The average Bonchev–Trinajstić information content (AvgIpc) is 2.96. The van der Waals surface area contributed by atoms with Crippen LogP contribution in [0.15, 0.2) is 24.3 Å². The van der Waals surface area contributed by atoms with Crippen molar-refractivity contribution in [3.8, 4) is 0 Å². The Kier molecular flexibility index (Phi) is 4.98. The number of benzene rings is 1. The first-order valence-electron chi connectivity index (χ1n) is 6.99. The quantitative estimate of drug-likeness (QED) is 0.772. The first kappa shape index (κ1) is 14.4. The zero-order valence-electron chi connectivity index (χ0n) is 11.4. The second-order valence-electron chi connectivity index (χ2n) is 5.22. The Hall–Kier alpha value is -2.04. The SMILES string of the molecule is O=C(NCc1ccc(C(=O)O)cc1)NCC1CCCC1. The van der Waals surface area contributed by atoms with Crippen LogP contribution in [-0.4, -0.2) is 23.7 Å². The van der Waals surface area contributed by atoms with Gasteiger partial charge in [0, 0.05) is 13.1 Å². The molecule has 2 amide bonds. The van der Waals surface area contributed by atoms with E-state index in [4.69, 9.17) is 5.11 Å². The molecule has 20 heavy (non-hydrogen) atoms. The second kappa shape index (κ2) is 6.93. The number of carboxylic acid groups (broad SMARTS) is 1. The van der Waals surface area contributed by atoms with Crippen molar-refractivity contribution < 1.29 is 14.7 Å². The standard InChI is InChI=1S/C15H20N2O3/c18-14(19)13-7-5-12(6-8-13)10-17-15(20)16-9-11-3-1-2-4-11/h5-8,11H,1-4,9-10H2,(H,18,19)(H2,16,17,20). The van der Waals surface area contributed by atoms with Gasteiger partial charge in [-0.1, -0.05) is 25.0 Å². The minimum absolute atomic E-state index is 0.167. The first-order chi connectivity index (χ1) is 9.65. The number of amides is 2. The smallest absolute Gasteiger partial charge is 0.335 e. The van der Waals surface area contributed by atoms with E-state index in [0.717, 1.165) is 12.1 Å². The van der Waals surface area contributed by atoms with Crippen LogP contribution in [0.4, 0.5) is 4.79 Å². The summed E-state index contributed by atoms with van der Waals surface area (Å²) in [6, 6.07) is 6.33. The summed E-state index contributed by atoms with van der Waals surface area (Å²) in [6.07, 6.45) is 4.95. The zero-order chi connectivity index (χ0) is 14.4. The molecule has 0 bridgehead atoms. The van der Waals surface area contributed by atoms with Crippen molar-refractivity contribution >= 4 is 12.0 Å². The summed E-state index contributed by atoms with van der Waals surface area (Å²) in [7, 11) is 0. The summed E-state index contributed by atoms with van der Waals surface area (Å²) in [5, 5.41) is 14.4. The van der Waals surface area contributed by atoms with Gasteiger partial charge >= 0.3 is 12.0 Å². The van der Waals surface area contributed by atoms with Gasteiger partial charge in [-0.05, 0) is 36.5 Å². The van der Waals surface area contributed by atoms with Crippen molar-refractivity contribution in [2.45, 2.75) is 32.2 Å². The molecule has 0 spiro atoms. The maximum Gasteiger partial charge on any atom is 0.335 e. The van der Waals surface area contributed by atoms with Gasteiger partial charge in [-0.3, -0.25) is 0 Å². The Morgan fingerprint density at radius 2 is 1.75 bits per heavy atom. The predicted octanol–water partition coefficient (Wildman–Crippen LogP) is 2.37. The highest BCUT2D eigenvalue weighted by Gasteiger charge is 2.15. The highest BCUT2D eigenvalue weighted by Crippen LogP contribution is 2.23. The highest BCUT2D eigenvalue weighted by atomic mass is 16.4. The van der Waals surface area contributed by atoms with E-state index in [1.807, 2.05) is 0 Å². The molecule has 1 fully saturated rings. The molecule has 2 rings (SSSR count). The monoisotopic (exact) mass is 276 g/mol. The Labute approximate surface area is 118 Å². The van der Waals surface area contributed by atoms with Gasteiger partial charge in [0.15, 0.2) is 0 Å². The molecule has 108 valence electrons. The van der Waals surface area contributed by atoms with E-state index < -0.39 is 5.97 Å². The van der Waals surface area contributed by atoms with Crippen LogP contribution in [0.5, 0.6) is 0 Å². The Bertz CT molecular complexity index is 465. The van der Waals surface area contributed by atoms with E-state index in [-0.39, 0.29) is 11.6 Å². The molecule has 0 aliphatic heterocycles. The van der Waals surface area contributed by atoms with Crippen LogP contribution < -0.4 is 10.6 Å². The summed E-state index contributed by atoms with van der Waals surface area (Å²) in [6.45, 7) is 1.14. The molecule has 3 N–H and O–H groups in total. The molecule has 0 heterocycles. The van der Waals surface area contributed by atoms with Gasteiger partial charge in [0.25, 0.3) is 0 Å². The van der Waals surface area contributed by atoms with E-state index in [1.165, 1.54) is 37.8 Å². The lowest BCUT2D eigenvalue weighted by Gasteiger charge is -2.11. The number of hydrogen-bond donors (Lipinski definition) is 3. The zero-order valence-corrected chi connectivity index (χ0v) is 11.4. The summed E-state index contributed by atoms with van der Waals surface area (Å²) < 4.78 is 0. The van der Waals surface area contributed by atoms with Gasteiger partial charge in [0.2, 0.25) is 0 Å². The lowest BCUT2D eigenvalue weighted by Crippen LogP contribution is -2.37. The molecular weight excluding hydrogens is 256 g/mol. The van der Waals surface area contributed by atoms with E-state index in [9.17, 15) is 9.59 Å². The average molecular weight is 276 g/mol. The number of carbonyl (C=O) groups is 2. The minimum Gasteiger partial charge on any atom is -0.478 e. The highest BCUT2D eigenvalue weighted by molar-refractivity contribution is 5.87. The first-order valence-corrected chi connectivity index (χ1v) is 6.99. The molecule has 1 aliphatic carbocycles. The van der Waals surface area contributed by atoms with Crippen molar-refractivity contribution in [3.63, 3.8) is 0 Å². The fourth-order valence-corrected chi connectivity index (χ4v) is 2.46. The molecule has 1 aromatic rings. The number of rotatable bonds is 5.